The predicted octanol–water partition coefficient (Wildman–Crippen LogP) is 0.769. The maximum Gasteiger partial charge on any atom is 0.229 e. The summed E-state index contributed by atoms with van der Waals surface area (Å²) in [5.74, 6) is -0.0696. The van der Waals surface area contributed by atoms with Gasteiger partial charge in [0.25, 0.3) is 0 Å². The Morgan fingerprint density at radius 3 is 3.07 bits per heavy atom. The van der Waals surface area contributed by atoms with E-state index in [-0.39, 0.29) is 11.8 Å². The lowest BCUT2D eigenvalue weighted by Crippen LogP contribution is -2.25. The maximum atomic E-state index is 12.5. The minimum Gasteiger partial charge on any atom is -0.316 e. The topological polar surface area (TPSA) is 54.0 Å². The van der Waals surface area contributed by atoms with Gasteiger partial charge in [0.1, 0.15) is 11.6 Å². The number of halogens is 1. The third-order valence-electron chi connectivity index (χ3n) is 2.41. The average molecular weight is 209 g/mol. The standard InChI is InChI=1S/C10H12FN3O/c11-8-1-2-9(13-6-8)14-10(15)7-3-4-12-5-7/h1-2,6-7,12H,3-5H2,(H,13,14,15). The molecule has 2 heterocycles. The first kappa shape index (κ1) is 10.0. The average Bonchev–Trinajstić information content (AvgIpc) is 2.74. The first-order chi connectivity index (χ1) is 7.25. The van der Waals surface area contributed by atoms with Crippen molar-refractivity contribution >= 4 is 11.7 Å². The molecule has 5 heteroatoms. The Labute approximate surface area is 86.9 Å². The van der Waals surface area contributed by atoms with Gasteiger partial charge < -0.3 is 10.6 Å². The predicted molar refractivity (Wildman–Crippen MR) is 53.8 cm³/mol. The smallest absolute Gasteiger partial charge is 0.229 e. The fourth-order valence-electron chi connectivity index (χ4n) is 1.56. The van der Waals surface area contributed by atoms with E-state index in [1.807, 2.05) is 0 Å². The van der Waals surface area contributed by atoms with Gasteiger partial charge in [-0.05, 0) is 25.1 Å². The van der Waals surface area contributed by atoms with E-state index in [0.717, 1.165) is 19.2 Å². The molecular weight excluding hydrogens is 197 g/mol. The van der Waals surface area contributed by atoms with E-state index >= 15 is 0 Å². The highest BCUT2D eigenvalue weighted by Crippen LogP contribution is 2.11. The molecule has 0 spiro atoms. The molecule has 0 aliphatic carbocycles. The molecule has 80 valence electrons. The number of pyridine rings is 1. The van der Waals surface area contributed by atoms with E-state index in [2.05, 4.69) is 15.6 Å². The third-order valence-corrected chi connectivity index (χ3v) is 2.41. The highest BCUT2D eigenvalue weighted by Gasteiger charge is 2.22. The monoisotopic (exact) mass is 209 g/mol. The van der Waals surface area contributed by atoms with Gasteiger partial charge in [0.15, 0.2) is 0 Å². The summed E-state index contributed by atoms with van der Waals surface area (Å²) in [5, 5.41) is 5.76. The van der Waals surface area contributed by atoms with E-state index in [4.69, 9.17) is 0 Å². The molecule has 1 aromatic rings. The number of hydrogen-bond acceptors (Lipinski definition) is 3. The van der Waals surface area contributed by atoms with Crippen molar-refractivity contribution in [3.63, 3.8) is 0 Å². The van der Waals surface area contributed by atoms with Crippen LogP contribution in [0.25, 0.3) is 0 Å². The summed E-state index contributed by atoms with van der Waals surface area (Å²) in [6, 6.07) is 2.73. The number of hydrogen-bond donors (Lipinski definition) is 2. The lowest BCUT2D eigenvalue weighted by Gasteiger charge is -2.08. The molecule has 1 aliphatic rings. The number of amides is 1. The number of nitrogens with one attached hydrogen (secondary N) is 2. The van der Waals surface area contributed by atoms with Crippen molar-refractivity contribution < 1.29 is 9.18 Å². The zero-order valence-electron chi connectivity index (χ0n) is 8.16. The second kappa shape index (κ2) is 4.35. The number of carbonyl (C=O) groups is 1. The highest BCUT2D eigenvalue weighted by atomic mass is 19.1. The van der Waals surface area contributed by atoms with Gasteiger partial charge in [-0.3, -0.25) is 4.79 Å². The van der Waals surface area contributed by atoms with Crippen LogP contribution >= 0.6 is 0 Å². The fourth-order valence-corrected chi connectivity index (χ4v) is 1.56. The van der Waals surface area contributed by atoms with Crippen molar-refractivity contribution in [3.8, 4) is 0 Å². The zero-order chi connectivity index (χ0) is 10.7. The SMILES string of the molecule is O=C(Nc1ccc(F)cn1)C1CCNC1. The molecule has 0 saturated carbocycles. The first-order valence-corrected chi connectivity index (χ1v) is 4.89. The molecule has 1 unspecified atom stereocenters. The van der Waals surface area contributed by atoms with E-state index in [1.165, 1.54) is 12.1 Å². The van der Waals surface area contributed by atoms with Gasteiger partial charge in [0, 0.05) is 6.54 Å². The molecule has 0 radical (unpaired) electrons. The van der Waals surface area contributed by atoms with Crippen LogP contribution in [0.3, 0.4) is 0 Å². The first-order valence-electron chi connectivity index (χ1n) is 4.89. The molecule has 4 nitrogen and oxygen atoms in total. The van der Waals surface area contributed by atoms with Crippen LogP contribution in [0.15, 0.2) is 18.3 Å². The Hall–Kier alpha value is -1.49. The fraction of sp³-hybridized carbons (Fsp3) is 0.400. The van der Waals surface area contributed by atoms with Crippen LogP contribution in [0.5, 0.6) is 0 Å². The van der Waals surface area contributed by atoms with E-state index in [0.29, 0.717) is 12.4 Å². The molecule has 1 fully saturated rings. The Morgan fingerprint density at radius 1 is 1.60 bits per heavy atom. The van der Waals surface area contributed by atoms with Crippen molar-refractivity contribution in [1.29, 1.82) is 0 Å². The van der Waals surface area contributed by atoms with E-state index in [1.54, 1.807) is 0 Å². The summed E-state index contributed by atoms with van der Waals surface area (Å²) in [6.45, 7) is 1.57. The quantitative estimate of drug-likeness (QED) is 0.756. The van der Waals surface area contributed by atoms with Gasteiger partial charge in [0.2, 0.25) is 5.91 Å². The van der Waals surface area contributed by atoms with Crippen LogP contribution in [0.2, 0.25) is 0 Å². The molecule has 1 saturated heterocycles. The Kier molecular flexibility index (Phi) is 2.91. The summed E-state index contributed by atoms with van der Waals surface area (Å²) < 4.78 is 12.5. The number of carbonyl (C=O) groups excluding carboxylic acids is 1. The zero-order valence-corrected chi connectivity index (χ0v) is 8.16. The van der Waals surface area contributed by atoms with Gasteiger partial charge in [-0.1, -0.05) is 0 Å². The Bertz CT molecular complexity index is 346. The molecule has 0 bridgehead atoms. The number of nitrogens with zero attached hydrogens (tertiary/aromatic N) is 1. The minimum atomic E-state index is -0.407. The molecule has 2 rings (SSSR count). The van der Waals surface area contributed by atoms with Crippen molar-refractivity contribution in [3.05, 3.63) is 24.1 Å². The van der Waals surface area contributed by atoms with Gasteiger partial charge in [-0.2, -0.15) is 0 Å². The molecule has 1 aliphatic heterocycles. The molecule has 2 N–H and O–H groups in total. The normalized spacial score (nSPS) is 20.2. The largest absolute Gasteiger partial charge is 0.316 e. The maximum absolute atomic E-state index is 12.5. The molecule has 0 aromatic carbocycles. The molecular formula is C10H12FN3O. The van der Waals surface area contributed by atoms with Crippen molar-refractivity contribution in [2.75, 3.05) is 18.4 Å². The highest BCUT2D eigenvalue weighted by molar-refractivity contribution is 5.91. The molecule has 15 heavy (non-hydrogen) atoms. The van der Waals surface area contributed by atoms with E-state index < -0.39 is 5.82 Å². The Morgan fingerprint density at radius 2 is 2.47 bits per heavy atom. The van der Waals surface area contributed by atoms with Crippen LogP contribution < -0.4 is 10.6 Å². The molecule has 1 atom stereocenters. The summed E-state index contributed by atoms with van der Waals surface area (Å²) >= 11 is 0. The van der Waals surface area contributed by atoms with Crippen LogP contribution in [0.4, 0.5) is 10.2 Å². The summed E-state index contributed by atoms with van der Waals surface area (Å²) in [4.78, 5) is 15.4. The second-order valence-corrected chi connectivity index (χ2v) is 3.54. The van der Waals surface area contributed by atoms with Crippen molar-refractivity contribution in [2.45, 2.75) is 6.42 Å². The number of rotatable bonds is 2. The summed E-state index contributed by atoms with van der Waals surface area (Å²) in [6.07, 6.45) is 1.93. The Balaban J connectivity index is 1.96. The van der Waals surface area contributed by atoms with Gasteiger partial charge in [-0.25, -0.2) is 9.37 Å². The van der Waals surface area contributed by atoms with Crippen molar-refractivity contribution in [1.82, 2.24) is 10.3 Å². The summed E-state index contributed by atoms with van der Waals surface area (Å²) in [5.41, 5.74) is 0. The van der Waals surface area contributed by atoms with Gasteiger partial charge in [-0.15, -0.1) is 0 Å². The lowest BCUT2D eigenvalue weighted by molar-refractivity contribution is -0.119. The number of anilines is 1. The van der Waals surface area contributed by atoms with Gasteiger partial charge >= 0.3 is 0 Å². The lowest BCUT2D eigenvalue weighted by atomic mass is 10.1. The molecule has 1 amide bonds. The summed E-state index contributed by atoms with van der Waals surface area (Å²) in [7, 11) is 0. The van der Waals surface area contributed by atoms with Gasteiger partial charge in [0.05, 0.1) is 12.1 Å². The third kappa shape index (κ3) is 2.50. The van der Waals surface area contributed by atoms with Crippen LogP contribution in [-0.4, -0.2) is 24.0 Å². The second-order valence-electron chi connectivity index (χ2n) is 3.54. The van der Waals surface area contributed by atoms with Crippen LogP contribution in [0, 0.1) is 11.7 Å². The minimum absolute atomic E-state index is 0.00291. The van der Waals surface area contributed by atoms with Crippen LogP contribution in [-0.2, 0) is 4.79 Å². The van der Waals surface area contributed by atoms with E-state index in [9.17, 15) is 9.18 Å². The number of aromatic nitrogens is 1. The van der Waals surface area contributed by atoms with Crippen LogP contribution in [0.1, 0.15) is 6.42 Å². The molecule has 1 aromatic heterocycles. The van der Waals surface area contributed by atoms with Crippen molar-refractivity contribution in [2.24, 2.45) is 5.92 Å².